The lowest BCUT2D eigenvalue weighted by molar-refractivity contribution is 0.298. The molecule has 2 rings (SSSR count). The molecule has 2 aromatic rings. The highest BCUT2D eigenvalue weighted by molar-refractivity contribution is 5.30. The number of ether oxygens (including phenoxy) is 2. The fourth-order valence-electron chi connectivity index (χ4n) is 1.69. The van der Waals surface area contributed by atoms with Gasteiger partial charge in [-0.15, -0.1) is 0 Å². The van der Waals surface area contributed by atoms with Gasteiger partial charge in [0.1, 0.15) is 5.75 Å². The summed E-state index contributed by atoms with van der Waals surface area (Å²) in [5.74, 6) is 1.24. The first-order valence-electron chi connectivity index (χ1n) is 6.69. The van der Waals surface area contributed by atoms with Crippen molar-refractivity contribution in [1.82, 2.24) is 15.3 Å². The molecule has 0 saturated heterocycles. The average molecular weight is 273 g/mol. The molecule has 1 aromatic carbocycles. The molecule has 1 heterocycles. The van der Waals surface area contributed by atoms with Crippen molar-refractivity contribution in [2.75, 3.05) is 13.7 Å². The van der Waals surface area contributed by atoms with Crippen LogP contribution in [0.5, 0.6) is 17.6 Å². The van der Waals surface area contributed by atoms with Crippen LogP contribution in [-0.4, -0.2) is 23.6 Å². The summed E-state index contributed by atoms with van der Waals surface area (Å²) < 4.78 is 11.1. The number of aromatic nitrogens is 2. The second-order valence-corrected chi connectivity index (χ2v) is 4.31. The van der Waals surface area contributed by atoms with Gasteiger partial charge in [0.25, 0.3) is 0 Å². The minimum atomic E-state index is 0.292. The molecule has 0 aliphatic heterocycles. The summed E-state index contributed by atoms with van der Waals surface area (Å²) in [5, 5.41) is 3.10. The van der Waals surface area contributed by atoms with Crippen LogP contribution in [0.3, 0.4) is 0 Å². The number of nitrogens with one attached hydrogen (secondary N) is 1. The lowest BCUT2D eigenvalue weighted by atomic mass is 10.2. The van der Waals surface area contributed by atoms with Crippen molar-refractivity contribution in [3.63, 3.8) is 0 Å². The van der Waals surface area contributed by atoms with E-state index >= 15 is 0 Å². The van der Waals surface area contributed by atoms with Gasteiger partial charge in [-0.2, -0.15) is 4.98 Å². The van der Waals surface area contributed by atoms with Crippen LogP contribution in [0.2, 0.25) is 0 Å². The summed E-state index contributed by atoms with van der Waals surface area (Å²) in [5.41, 5.74) is 1.14. The first-order chi connectivity index (χ1) is 9.81. The highest BCUT2D eigenvalue weighted by Crippen LogP contribution is 2.20. The lowest BCUT2D eigenvalue weighted by Crippen LogP contribution is -2.05. The summed E-state index contributed by atoms with van der Waals surface area (Å²) in [6, 6.07) is 9.83. The highest BCUT2D eigenvalue weighted by atomic mass is 16.5. The number of rotatable bonds is 7. The first kappa shape index (κ1) is 14.3. The Balaban J connectivity index is 2.07. The van der Waals surface area contributed by atoms with Crippen molar-refractivity contribution < 1.29 is 9.47 Å². The van der Waals surface area contributed by atoms with Gasteiger partial charge in [0.05, 0.1) is 6.61 Å². The third kappa shape index (κ3) is 4.20. The van der Waals surface area contributed by atoms with E-state index < -0.39 is 0 Å². The van der Waals surface area contributed by atoms with E-state index in [2.05, 4.69) is 15.3 Å². The van der Waals surface area contributed by atoms with Gasteiger partial charge in [0, 0.05) is 18.8 Å². The van der Waals surface area contributed by atoms with Crippen LogP contribution in [0.15, 0.2) is 36.5 Å². The third-order valence-corrected chi connectivity index (χ3v) is 2.55. The van der Waals surface area contributed by atoms with Gasteiger partial charge in [-0.1, -0.05) is 19.1 Å². The Labute approximate surface area is 119 Å². The number of benzene rings is 1. The van der Waals surface area contributed by atoms with E-state index in [0.29, 0.717) is 24.2 Å². The number of nitrogens with zero attached hydrogens (tertiary/aromatic N) is 2. The maximum atomic E-state index is 5.66. The second kappa shape index (κ2) is 7.45. The van der Waals surface area contributed by atoms with E-state index in [1.807, 2.05) is 38.2 Å². The summed E-state index contributed by atoms with van der Waals surface area (Å²) in [6.45, 7) is 3.47. The molecule has 0 saturated carbocycles. The largest absolute Gasteiger partial charge is 0.478 e. The topological polar surface area (TPSA) is 56.3 Å². The molecule has 0 spiro atoms. The normalized spacial score (nSPS) is 10.3. The van der Waals surface area contributed by atoms with E-state index in [4.69, 9.17) is 9.47 Å². The second-order valence-electron chi connectivity index (χ2n) is 4.31. The Kier molecular flexibility index (Phi) is 5.32. The van der Waals surface area contributed by atoms with Crippen LogP contribution in [0.1, 0.15) is 18.9 Å². The first-order valence-corrected chi connectivity index (χ1v) is 6.69. The quantitative estimate of drug-likeness (QED) is 0.840. The molecular formula is C15H19N3O2. The molecule has 20 heavy (non-hydrogen) atoms. The summed E-state index contributed by atoms with van der Waals surface area (Å²) in [7, 11) is 1.91. The zero-order valence-corrected chi connectivity index (χ0v) is 11.8. The van der Waals surface area contributed by atoms with Crippen molar-refractivity contribution in [2.45, 2.75) is 19.9 Å². The summed E-state index contributed by atoms with van der Waals surface area (Å²) in [4.78, 5) is 8.30. The average Bonchev–Trinajstić information content (AvgIpc) is 2.46. The van der Waals surface area contributed by atoms with E-state index in [0.717, 1.165) is 18.5 Å². The molecule has 1 N–H and O–H groups in total. The highest BCUT2D eigenvalue weighted by Gasteiger charge is 2.03. The standard InChI is InChI=1S/C15H19N3O2/c1-3-9-19-14-7-8-17-15(18-14)20-13-6-4-5-12(10-13)11-16-2/h4-8,10,16H,3,9,11H2,1-2H3. The number of hydrogen-bond acceptors (Lipinski definition) is 5. The Morgan fingerprint density at radius 2 is 2.15 bits per heavy atom. The molecule has 1 aromatic heterocycles. The fourth-order valence-corrected chi connectivity index (χ4v) is 1.69. The van der Waals surface area contributed by atoms with E-state index in [-0.39, 0.29) is 0 Å². The van der Waals surface area contributed by atoms with Crippen molar-refractivity contribution in [1.29, 1.82) is 0 Å². The van der Waals surface area contributed by atoms with Crippen LogP contribution in [0.25, 0.3) is 0 Å². The Morgan fingerprint density at radius 3 is 2.95 bits per heavy atom. The van der Waals surface area contributed by atoms with Gasteiger partial charge in [-0.25, -0.2) is 4.98 Å². The van der Waals surface area contributed by atoms with E-state index in [1.165, 1.54) is 0 Å². The number of hydrogen-bond donors (Lipinski definition) is 1. The molecule has 106 valence electrons. The molecule has 5 nitrogen and oxygen atoms in total. The molecule has 0 fully saturated rings. The molecular weight excluding hydrogens is 254 g/mol. The zero-order chi connectivity index (χ0) is 14.2. The van der Waals surface area contributed by atoms with Gasteiger partial charge < -0.3 is 14.8 Å². The van der Waals surface area contributed by atoms with Crippen molar-refractivity contribution >= 4 is 0 Å². The molecule has 5 heteroatoms. The predicted octanol–water partition coefficient (Wildman–Crippen LogP) is 2.78. The van der Waals surface area contributed by atoms with Gasteiger partial charge in [0.15, 0.2) is 0 Å². The molecule has 0 unspecified atom stereocenters. The summed E-state index contributed by atoms with van der Waals surface area (Å²) in [6.07, 6.45) is 2.57. The SMILES string of the molecule is CCCOc1ccnc(Oc2cccc(CNC)c2)n1. The maximum absolute atomic E-state index is 5.66. The van der Waals surface area contributed by atoms with E-state index in [1.54, 1.807) is 12.3 Å². The fraction of sp³-hybridized carbons (Fsp3) is 0.333. The smallest absolute Gasteiger partial charge is 0.325 e. The zero-order valence-electron chi connectivity index (χ0n) is 11.8. The Morgan fingerprint density at radius 1 is 1.25 bits per heavy atom. The van der Waals surface area contributed by atoms with Gasteiger partial charge in [0.2, 0.25) is 5.88 Å². The lowest BCUT2D eigenvalue weighted by Gasteiger charge is -2.07. The molecule has 0 amide bonds. The Hall–Kier alpha value is -2.14. The molecule has 0 radical (unpaired) electrons. The molecule has 0 atom stereocenters. The maximum Gasteiger partial charge on any atom is 0.325 e. The van der Waals surface area contributed by atoms with Crippen LogP contribution >= 0.6 is 0 Å². The van der Waals surface area contributed by atoms with Gasteiger partial charge in [-0.05, 0) is 31.2 Å². The van der Waals surface area contributed by atoms with Crippen molar-refractivity contribution in [3.8, 4) is 17.6 Å². The Bertz CT molecular complexity index is 546. The molecule has 0 aliphatic carbocycles. The van der Waals surface area contributed by atoms with Gasteiger partial charge >= 0.3 is 6.01 Å². The predicted molar refractivity (Wildman–Crippen MR) is 77.1 cm³/mol. The molecule has 0 bridgehead atoms. The molecule has 0 aliphatic rings. The minimum Gasteiger partial charge on any atom is -0.478 e. The van der Waals surface area contributed by atoms with Gasteiger partial charge in [-0.3, -0.25) is 0 Å². The van der Waals surface area contributed by atoms with E-state index in [9.17, 15) is 0 Å². The van der Waals surface area contributed by atoms with Crippen molar-refractivity contribution in [3.05, 3.63) is 42.1 Å². The van der Waals surface area contributed by atoms with Crippen LogP contribution in [-0.2, 0) is 6.54 Å². The van der Waals surface area contributed by atoms with Crippen molar-refractivity contribution in [2.24, 2.45) is 0 Å². The monoisotopic (exact) mass is 273 g/mol. The van der Waals surface area contributed by atoms with Crippen LogP contribution < -0.4 is 14.8 Å². The summed E-state index contributed by atoms with van der Waals surface area (Å²) >= 11 is 0. The minimum absolute atomic E-state index is 0.292. The third-order valence-electron chi connectivity index (χ3n) is 2.55. The van der Waals surface area contributed by atoms with Crippen LogP contribution in [0, 0.1) is 0 Å². The van der Waals surface area contributed by atoms with Crippen LogP contribution in [0.4, 0.5) is 0 Å².